The minimum Gasteiger partial charge on any atom is -0.379 e. The summed E-state index contributed by atoms with van der Waals surface area (Å²) in [5.41, 5.74) is 0. The molecule has 0 unspecified atom stereocenters. The number of rotatable bonds is 3. The SMILES string of the molecule is CC.O=S(=O)(Oc1ccccc1)c1ccccc1. The molecular formula is C14H16O3S. The molecule has 0 spiro atoms. The van der Waals surface area contributed by atoms with E-state index in [1.807, 2.05) is 13.8 Å². The molecule has 0 bridgehead atoms. The van der Waals surface area contributed by atoms with E-state index in [2.05, 4.69) is 0 Å². The number of para-hydroxylation sites is 1. The summed E-state index contributed by atoms with van der Waals surface area (Å²) >= 11 is 0. The lowest BCUT2D eigenvalue weighted by atomic mass is 10.3. The van der Waals surface area contributed by atoms with Gasteiger partial charge in [0.15, 0.2) is 0 Å². The Hall–Kier alpha value is -1.81. The Balaban J connectivity index is 0.000000771. The van der Waals surface area contributed by atoms with Crippen molar-refractivity contribution >= 4 is 10.1 Å². The zero-order chi connectivity index (χ0) is 13.4. The third-order valence-corrected chi connectivity index (χ3v) is 3.24. The largest absolute Gasteiger partial charge is 0.379 e. The van der Waals surface area contributed by atoms with Crippen LogP contribution in [0.1, 0.15) is 13.8 Å². The zero-order valence-corrected chi connectivity index (χ0v) is 11.2. The first-order valence-electron chi connectivity index (χ1n) is 5.73. The molecule has 0 amide bonds. The fourth-order valence-electron chi connectivity index (χ4n) is 1.24. The molecule has 0 fully saturated rings. The Labute approximate surface area is 108 Å². The van der Waals surface area contributed by atoms with Crippen LogP contribution < -0.4 is 4.18 Å². The molecule has 3 nitrogen and oxygen atoms in total. The van der Waals surface area contributed by atoms with Crippen molar-refractivity contribution in [1.29, 1.82) is 0 Å². The third kappa shape index (κ3) is 3.89. The van der Waals surface area contributed by atoms with E-state index in [1.165, 1.54) is 12.1 Å². The van der Waals surface area contributed by atoms with Gasteiger partial charge in [-0.05, 0) is 24.3 Å². The summed E-state index contributed by atoms with van der Waals surface area (Å²) in [5, 5.41) is 0. The van der Waals surface area contributed by atoms with E-state index in [1.54, 1.807) is 48.5 Å². The van der Waals surface area contributed by atoms with Gasteiger partial charge in [0.25, 0.3) is 0 Å². The molecule has 0 aliphatic rings. The summed E-state index contributed by atoms with van der Waals surface area (Å²) < 4.78 is 28.5. The number of hydrogen-bond acceptors (Lipinski definition) is 3. The van der Waals surface area contributed by atoms with Crippen molar-refractivity contribution in [3.8, 4) is 5.75 Å². The van der Waals surface area contributed by atoms with Crippen molar-refractivity contribution in [2.75, 3.05) is 0 Å². The summed E-state index contributed by atoms with van der Waals surface area (Å²) in [6.07, 6.45) is 0. The fraction of sp³-hybridized carbons (Fsp3) is 0.143. The molecule has 4 heteroatoms. The van der Waals surface area contributed by atoms with Crippen LogP contribution in [-0.2, 0) is 10.1 Å². The van der Waals surface area contributed by atoms with Gasteiger partial charge in [0.1, 0.15) is 10.6 Å². The Morgan fingerprint density at radius 1 is 0.778 bits per heavy atom. The lowest BCUT2D eigenvalue weighted by Gasteiger charge is -2.05. The van der Waals surface area contributed by atoms with Crippen LogP contribution in [0.15, 0.2) is 65.6 Å². The summed E-state index contributed by atoms with van der Waals surface area (Å²) in [6.45, 7) is 4.00. The van der Waals surface area contributed by atoms with Gasteiger partial charge in [-0.3, -0.25) is 0 Å². The van der Waals surface area contributed by atoms with Gasteiger partial charge < -0.3 is 4.18 Å². The second-order valence-corrected chi connectivity index (χ2v) is 4.71. The Bertz CT molecular complexity index is 548. The smallest absolute Gasteiger partial charge is 0.339 e. The topological polar surface area (TPSA) is 43.4 Å². The molecule has 0 radical (unpaired) electrons. The van der Waals surface area contributed by atoms with Crippen molar-refractivity contribution in [2.45, 2.75) is 18.7 Å². The van der Waals surface area contributed by atoms with Crippen LogP contribution in [0.2, 0.25) is 0 Å². The van der Waals surface area contributed by atoms with Gasteiger partial charge in [0.05, 0.1) is 0 Å². The van der Waals surface area contributed by atoms with E-state index in [-0.39, 0.29) is 4.90 Å². The van der Waals surface area contributed by atoms with Gasteiger partial charge in [0.2, 0.25) is 0 Å². The van der Waals surface area contributed by atoms with Crippen LogP contribution in [0.5, 0.6) is 5.75 Å². The van der Waals surface area contributed by atoms with Crippen molar-refractivity contribution in [3.63, 3.8) is 0 Å². The van der Waals surface area contributed by atoms with Gasteiger partial charge in [0, 0.05) is 0 Å². The van der Waals surface area contributed by atoms with Crippen LogP contribution in [0, 0.1) is 0 Å². The van der Waals surface area contributed by atoms with Crippen molar-refractivity contribution in [3.05, 3.63) is 60.7 Å². The fourth-order valence-corrected chi connectivity index (χ4v) is 2.19. The maximum Gasteiger partial charge on any atom is 0.339 e. The standard InChI is InChI=1S/C12H10O3S.C2H6/c13-16(14,12-9-5-2-6-10-12)15-11-7-3-1-4-8-11;1-2/h1-10H;1-2H3. The molecule has 2 rings (SSSR count). The molecule has 0 atom stereocenters. The molecule has 0 saturated carbocycles. The van der Waals surface area contributed by atoms with Gasteiger partial charge in [-0.15, -0.1) is 0 Å². The second-order valence-electron chi connectivity index (χ2n) is 3.16. The molecular weight excluding hydrogens is 248 g/mol. The predicted octanol–water partition coefficient (Wildman–Crippen LogP) is 3.48. The average molecular weight is 264 g/mol. The summed E-state index contributed by atoms with van der Waals surface area (Å²) in [5.74, 6) is 0.311. The van der Waals surface area contributed by atoms with E-state index in [4.69, 9.17) is 4.18 Å². The molecule has 0 heterocycles. The molecule has 96 valence electrons. The lowest BCUT2D eigenvalue weighted by molar-refractivity contribution is 0.486. The zero-order valence-electron chi connectivity index (χ0n) is 10.4. The Morgan fingerprint density at radius 2 is 1.22 bits per heavy atom. The van der Waals surface area contributed by atoms with Crippen molar-refractivity contribution in [2.24, 2.45) is 0 Å². The van der Waals surface area contributed by atoms with E-state index >= 15 is 0 Å². The number of hydrogen-bond donors (Lipinski definition) is 0. The molecule has 2 aromatic carbocycles. The van der Waals surface area contributed by atoms with Crippen LogP contribution >= 0.6 is 0 Å². The van der Waals surface area contributed by atoms with E-state index in [9.17, 15) is 8.42 Å². The van der Waals surface area contributed by atoms with Crippen LogP contribution in [0.4, 0.5) is 0 Å². The molecule has 0 N–H and O–H groups in total. The molecule has 2 aromatic rings. The average Bonchev–Trinajstić information content (AvgIpc) is 2.43. The Kier molecular flexibility index (Phi) is 5.39. The summed E-state index contributed by atoms with van der Waals surface area (Å²) in [4.78, 5) is 0.152. The highest BCUT2D eigenvalue weighted by atomic mass is 32.2. The highest BCUT2D eigenvalue weighted by Gasteiger charge is 2.15. The quantitative estimate of drug-likeness (QED) is 0.797. The van der Waals surface area contributed by atoms with E-state index in [0.29, 0.717) is 5.75 Å². The van der Waals surface area contributed by atoms with E-state index in [0.717, 1.165) is 0 Å². The molecule has 0 aliphatic carbocycles. The normalized spacial score (nSPS) is 10.1. The highest BCUT2D eigenvalue weighted by molar-refractivity contribution is 7.87. The van der Waals surface area contributed by atoms with Gasteiger partial charge >= 0.3 is 10.1 Å². The monoisotopic (exact) mass is 264 g/mol. The first-order chi connectivity index (χ1) is 8.68. The molecule has 0 aliphatic heterocycles. The Morgan fingerprint density at radius 3 is 1.72 bits per heavy atom. The lowest BCUT2D eigenvalue weighted by Crippen LogP contribution is -2.09. The van der Waals surface area contributed by atoms with Crippen molar-refractivity contribution in [1.82, 2.24) is 0 Å². The van der Waals surface area contributed by atoms with Crippen LogP contribution in [0.3, 0.4) is 0 Å². The molecule has 0 saturated heterocycles. The van der Waals surface area contributed by atoms with Gasteiger partial charge in [-0.2, -0.15) is 8.42 Å². The van der Waals surface area contributed by atoms with Gasteiger partial charge in [-0.25, -0.2) is 0 Å². The van der Waals surface area contributed by atoms with E-state index < -0.39 is 10.1 Å². The highest BCUT2D eigenvalue weighted by Crippen LogP contribution is 2.17. The predicted molar refractivity (Wildman–Crippen MR) is 72.0 cm³/mol. The molecule has 18 heavy (non-hydrogen) atoms. The summed E-state index contributed by atoms with van der Waals surface area (Å²) in [6, 6.07) is 16.5. The number of benzene rings is 2. The van der Waals surface area contributed by atoms with Crippen LogP contribution in [0.25, 0.3) is 0 Å². The maximum absolute atomic E-state index is 11.8. The first kappa shape index (κ1) is 14.3. The molecule has 0 aromatic heterocycles. The van der Waals surface area contributed by atoms with Gasteiger partial charge in [-0.1, -0.05) is 50.2 Å². The third-order valence-electron chi connectivity index (χ3n) is 1.98. The second kappa shape index (κ2) is 6.81. The first-order valence-corrected chi connectivity index (χ1v) is 7.14. The maximum atomic E-state index is 11.8. The summed E-state index contributed by atoms with van der Waals surface area (Å²) in [7, 11) is -3.71. The van der Waals surface area contributed by atoms with Crippen molar-refractivity contribution < 1.29 is 12.6 Å². The minimum absolute atomic E-state index is 0.152. The van der Waals surface area contributed by atoms with Crippen LogP contribution in [-0.4, -0.2) is 8.42 Å². The minimum atomic E-state index is -3.71.